The predicted octanol–water partition coefficient (Wildman–Crippen LogP) is 2.12. The van der Waals surface area contributed by atoms with Crippen LogP contribution in [-0.4, -0.2) is 25.7 Å². The molecule has 0 unspecified atom stereocenters. The molecule has 0 spiro atoms. The summed E-state index contributed by atoms with van der Waals surface area (Å²) >= 11 is 0. The average molecular weight is 396 g/mol. The smallest absolute Gasteiger partial charge is 0.0916 e. The fourth-order valence-corrected chi connectivity index (χ4v) is 1.41. The number of benzene rings is 1. The van der Waals surface area contributed by atoms with Gasteiger partial charge in [0, 0.05) is 45.3 Å². The van der Waals surface area contributed by atoms with Gasteiger partial charge < -0.3 is 22.0 Å². The van der Waals surface area contributed by atoms with Gasteiger partial charge in [-0.15, -0.1) is 12.1 Å². The van der Waals surface area contributed by atoms with Crippen molar-refractivity contribution in [3.63, 3.8) is 0 Å². The molecule has 4 heteroatoms. The number of anilines is 1. The number of ether oxygens (including phenoxy) is 1. The van der Waals surface area contributed by atoms with Gasteiger partial charge in [0.2, 0.25) is 0 Å². The van der Waals surface area contributed by atoms with Gasteiger partial charge in [-0.05, 0) is 0 Å². The van der Waals surface area contributed by atoms with Crippen molar-refractivity contribution in [1.29, 1.82) is 0 Å². The molecule has 2 rings (SSSR count). The Hall–Kier alpha value is -0.991. The second-order valence-electron chi connectivity index (χ2n) is 3.28. The summed E-state index contributed by atoms with van der Waals surface area (Å²) in [4.78, 5) is 4.22. The summed E-state index contributed by atoms with van der Waals surface area (Å²) in [6.07, 6.45) is 4.07. The van der Waals surface area contributed by atoms with Crippen molar-refractivity contribution in [2.24, 2.45) is 0 Å². The van der Waals surface area contributed by atoms with Crippen LogP contribution in [0, 0.1) is 13.5 Å². The van der Waals surface area contributed by atoms with Crippen LogP contribution < -0.4 is 9.64 Å². The second kappa shape index (κ2) is 6.56. The third-order valence-corrected chi connectivity index (χ3v) is 2.18. The average Bonchev–Trinajstić information content (AvgIpc) is 2.65. The molecule has 0 saturated carbocycles. The zero-order chi connectivity index (χ0) is 9.97. The zero-order valence-corrected chi connectivity index (χ0v) is 12.1. The Balaban J connectivity index is 0.00000112. The van der Waals surface area contributed by atoms with Crippen molar-refractivity contribution < 1.29 is 24.8 Å². The molecule has 91 valence electrons. The topological polar surface area (TPSA) is 15.7 Å². The summed E-state index contributed by atoms with van der Waals surface area (Å²) in [5.74, 6) is 0.863. The van der Waals surface area contributed by atoms with E-state index < -0.39 is 0 Å². The minimum absolute atomic E-state index is 0. The summed E-state index contributed by atoms with van der Waals surface area (Å²) in [7, 11) is 3.71. The van der Waals surface area contributed by atoms with E-state index in [2.05, 4.69) is 15.9 Å². The fraction of sp³-hybridized carbons (Fsp3) is 0.250. The minimum atomic E-state index is 0. The maximum Gasteiger partial charge on any atom is 0.0916 e. The SMILES string of the molecule is COc1cc[c-]c(N2C=CN(C)C2)c1.[CH3-].[Ir]. The van der Waals surface area contributed by atoms with Crippen molar-refractivity contribution in [1.82, 2.24) is 4.90 Å². The van der Waals surface area contributed by atoms with Gasteiger partial charge >= 0.3 is 0 Å². The van der Waals surface area contributed by atoms with Crippen LogP contribution >= 0.6 is 0 Å². The van der Waals surface area contributed by atoms with Gasteiger partial charge in [-0.25, -0.2) is 0 Å². The third kappa shape index (κ3) is 3.25. The number of rotatable bonds is 2. The number of nitrogens with zero attached hydrogens (tertiary/aromatic N) is 2. The molecule has 0 amide bonds. The van der Waals surface area contributed by atoms with E-state index in [-0.39, 0.29) is 27.5 Å². The van der Waals surface area contributed by atoms with Crippen molar-refractivity contribution in [3.8, 4) is 5.75 Å². The summed E-state index contributed by atoms with van der Waals surface area (Å²) in [5.41, 5.74) is 1.03. The molecule has 16 heavy (non-hydrogen) atoms. The molecule has 0 aliphatic carbocycles. The van der Waals surface area contributed by atoms with E-state index in [9.17, 15) is 0 Å². The van der Waals surface area contributed by atoms with Gasteiger partial charge in [-0.1, -0.05) is 5.69 Å². The Labute approximate surface area is 111 Å². The van der Waals surface area contributed by atoms with E-state index >= 15 is 0 Å². The molecule has 0 aromatic heterocycles. The monoisotopic (exact) mass is 397 g/mol. The molecule has 1 aromatic rings. The predicted molar refractivity (Wildman–Crippen MR) is 62.5 cm³/mol. The molecule has 1 radical (unpaired) electrons. The van der Waals surface area contributed by atoms with Crippen LogP contribution in [0.25, 0.3) is 0 Å². The van der Waals surface area contributed by atoms with E-state index in [1.165, 1.54) is 0 Å². The zero-order valence-electron chi connectivity index (χ0n) is 9.73. The van der Waals surface area contributed by atoms with Crippen LogP contribution in [0.3, 0.4) is 0 Å². The van der Waals surface area contributed by atoms with E-state index in [1.54, 1.807) is 7.11 Å². The molecule has 3 nitrogen and oxygen atoms in total. The molecule has 0 saturated heterocycles. The Morgan fingerprint density at radius 1 is 1.38 bits per heavy atom. The van der Waals surface area contributed by atoms with Crippen molar-refractivity contribution in [2.75, 3.05) is 25.7 Å². The standard InChI is InChI=1S/C11H13N2O.CH3.Ir/c1-12-6-7-13(9-12)10-4-3-5-11(8-10)14-2;;/h3,5-8H,9H2,1-2H3;1H3;/q2*-1;. The van der Waals surface area contributed by atoms with Gasteiger partial charge in [0.1, 0.15) is 0 Å². The first-order valence-corrected chi connectivity index (χ1v) is 4.50. The maximum absolute atomic E-state index is 5.16. The van der Waals surface area contributed by atoms with E-state index in [4.69, 9.17) is 4.74 Å². The Morgan fingerprint density at radius 2 is 2.12 bits per heavy atom. The van der Waals surface area contributed by atoms with Crippen molar-refractivity contribution in [2.45, 2.75) is 0 Å². The van der Waals surface area contributed by atoms with Crippen molar-refractivity contribution >= 4 is 5.69 Å². The molecule has 0 atom stereocenters. The molecule has 0 bridgehead atoms. The molecular formula is C12H16IrN2O-2. The van der Waals surface area contributed by atoms with Crippen LogP contribution in [0.15, 0.2) is 30.6 Å². The first kappa shape index (κ1) is 15.0. The minimum Gasteiger partial charge on any atom is -0.522 e. The number of hydrogen-bond donors (Lipinski definition) is 0. The normalized spacial score (nSPS) is 13.1. The molecule has 0 N–H and O–H groups in total. The van der Waals surface area contributed by atoms with Crippen LogP contribution in [0.1, 0.15) is 0 Å². The first-order valence-electron chi connectivity index (χ1n) is 4.50. The fourth-order valence-electron chi connectivity index (χ4n) is 1.41. The van der Waals surface area contributed by atoms with Gasteiger partial charge in [0.25, 0.3) is 0 Å². The molecule has 1 aromatic carbocycles. The summed E-state index contributed by atoms with van der Waals surface area (Å²) in [6, 6.07) is 8.92. The summed E-state index contributed by atoms with van der Waals surface area (Å²) < 4.78 is 5.16. The third-order valence-electron chi connectivity index (χ3n) is 2.18. The van der Waals surface area contributed by atoms with Gasteiger partial charge in [0.15, 0.2) is 0 Å². The van der Waals surface area contributed by atoms with E-state index in [0.29, 0.717) is 0 Å². The second-order valence-corrected chi connectivity index (χ2v) is 3.28. The molecule has 0 fully saturated rings. The molecule has 1 aliphatic rings. The summed E-state index contributed by atoms with van der Waals surface area (Å²) in [6.45, 7) is 0.865. The van der Waals surface area contributed by atoms with Crippen LogP contribution in [0.5, 0.6) is 5.75 Å². The quantitative estimate of drug-likeness (QED) is 0.713. The molecule has 1 aliphatic heterocycles. The first-order chi connectivity index (χ1) is 6.79. The number of hydrogen-bond acceptors (Lipinski definition) is 3. The van der Waals surface area contributed by atoms with Gasteiger partial charge in [-0.3, -0.25) is 0 Å². The van der Waals surface area contributed by atoms with Gasteiger partial charge in [0.05, 0.1) is 13.8 Å². The van der Waals surface area contributed by atoms with E-state index in [0.717, 1.165) is 18.1 Å². The van der Waals surface area contributed by atoms with Gasteiger partial charge in [-0.2, -0.15) is 12.1 Å². The van der Waals surface area contributed by atoms with Crippen LogP contribution in [0.4, 0.5) is 5.69 Å². The Morgan fingerprint density at radius 3 is 2.69 bits per heavy atom. The maximum atomic E-state index is 5.16. The molecular weight excluding hydrogens is 380 g/mol. The Bertz CT molecular complexity index is 355. The largest absolute Gasteiger partial charge is 0.522 e. The van der Waals surface area contributed by atoms with Crippen molar-refractivity contribution in [3.05, 3.63) is 44.1 Å². The van der Waals surface area contributed by atoms with Crippen LogP contribution in [0.2, 0.25) is 0 Å². The number of methoxy groups -OCH3 is 1. The molecule has 1 heterocycles. The summed E-state index contributed by atoms with van der Waals surface area (Å²) in [5, 5.41) is 0. The van der Waals surface area contributed by atoms with E-state index in [1.807, 2.05) is 37.6 Å². The van der Waals surface area contributed by atoms with Crippen LogP contribution in [-0.2, 0) is 20.1 Å². The Kier molecular flexibility index (Phi) is 6.16.